The van der Waals surface area contributed by atoms with Gasteiger partial charge >= 0.3 is 0 Å². The number of aryl methyl sites for hydroxylation is 7. The summed E-state index contributed by atoms with van der Waals surface area (Å²) in [7, 11) is 0. The van der Waals surface area contributed by atoms with Crippen molar-refractivity contribution < 1.29 is 0 Å². The van der Waals surface area contributed by atoms with Gasteiger partial charge in [-0.1, -0.05) is 42.0 Å². The van der Waals surface area contributed by atoms with Gasteiger partial charge in [0.2, 0.25) is 0 Å². The topological polar surface area (TPSA) is 38.7 Å². The van der Waals surface area contributed by atoms with E-state index in [9.17, 15) is 0 Å². The summed E-state index contributed by atoms with van der Waals surface area (Å²) < 4.78 is 0. The fourth-order valence-electron chi connectivity index (χ4n) is 3.83. The molecule has 0 aliphatic carbocycles. The van der Waals surface area contributed by atoms with Crippen LogP contribution >= 0.6 is 0 Å². The SMILES string of the molecule is Cc1cc(C)c2ccccc2n1.Cc1cc(C)c2ncccc2c1.Cc1ccc(C)c(C)n1. The maximum atomic E-state index is 4.44. The molecule has 0 atom stereocenters. The van der Waals surface area contributed by atoms with Gasteiger partial charge in [-0.25, -0.2) is 0 Å². The Hall–Kier alpha value is -3.59. The van der Waals surface area contributed by atoms with Gasteiger partial charge in [-0.3, -0.25) is 15.0 Å². The van der Waals surface area contributed by atoms with E-state index in [4.69, 9.17) is 0 Å². The van der Waals surface area contributed by atoms with E-state index >= 15 is 0 Å². The molecule has 5 aromatic rings. The summed E-state index contributed by atoms with van der Waals surface area (Å²) in [6.45, 7) is 14.5. The van der Waals surface area contributed by atoms with Gasteiger partial charge in [0.05, 0.1) is 11.0 Å². The Balaban J connectivity index is 0.000000141. The van der Waals surface area contributed by atoms with Crippen LogP contribution < -0.4 is 0 Å². The average molecular weight is 436 g/mol. The Kier molecular flexibility index (Phi) is 7.89. The van der Waals surface area contributed by atoms with Crippen molar-refractivity contribution in [3.05, 3.63) is 112 Å². The summed E-state index contributed by atoms with van der Waals surface area (Å²) in [5, 5.41) is 2.48. The highest BCUT2D eigenvalue weighted by Gasteiger charge is 1.98. The monoisotopic (exact) mass is 435 g/mol. The van der Waals surface area contributed by atoms with Crippen LogP contribution in [-0.4, -0.2) is 15.0 Å². The molecule has 3 aromatic heterocycles. The molecule has 0 unspecified atom stereocenters. The summed E-state index contributed by atoms with van der Waals surface area (Å²) in [5.41, 5.74) is 10.6. The number of benzene rings is 2. The molecule has 0 bridgehead atoms. The second kappa shape index (κ2) is 10.8. The normalized spacial score (nSPS) is 10.3. The molecule has 33 heavy (non-hydrogen) atoms. The lowest BCUT2D eigenvalue weighted by molar-refractivity contribution is 1.09. The predicted octanol–water partition coefficient (Wildman–Crippen LogP) is 7.71. The van der Waals surface area contributed by atoms with Crippen molar-refractivity contribution in [2.24, 2.45) is 0 Å². The predicted molar refractivity (Wildman–Crippen MR) is 141 cm³/mol. The number of hydrogen-bond donors (Lipinski definition) is 0. The number of rotatable bonds is 0. The molecule has 0 aliphatic rings. The molecule has 0 radical (unpaired) electrons. The van der Waals surface area contributed by atoms with Crippen molar-refractivity contribution in [3.8, 4) is 0 Å². The molecule has 3 heteroatoms. The largest absolute Gasteiger partial charge is 0.258 e. The number of para-hydroxylation sites is 1. The standard InChI is InChI=1S/2C11H11N.C8H11N/c1-8-6-9(2)11-10(7-8)4-3-5-12-11;1-8-7-9(2)12-11-6-4-3-5-10(8)11;1-6-4-5-7(2)9-8(6)3/h2*3-7H,1-2H3;4-5H,1-3H3. The number of hydrogen-bond acceptors (Lipinski definition) is 3. The van der Waals surface area contributed by atoms with Crippen molar-refractivity contribution in [2.45, 2.75) is 48.5 Å². The van der Waals surface area contributed by atoms with E-state index in [0.717, 1.165) is 28.1 Å². The molecule has 0 spiro atoms. The van der Waals surface area contributed by atoms with E-state index < -0.39 is 0 Å². The van der Waals surface area contributed by atoms with Crippen molar-refractivity contribution in [2.75, 3.05) is 0 Å². The minimum Gasteiger partial charge on any atom is -0.258 e. The molecule has 0 fully saturated rings. The molecule has 0 amide bonds. The quantitative estimate of drug-likeness (QED) is 0.250. The lowest BCUT2D eigenvalue weighted by Crippen LogP contribution is -1.87. The molecule has 168 valence electrons. The number of aromatic nitrogens is 3. The van der Waals surface area contributed by atoms with Gasteiger partial charge in [-0.2, -0.15) is 0 Å². The van der Waals surface area contributed by atoms with E-state index in [0.29, 0.717) is 0 Å². The van der Waals surface area contributed by atoms with Crippen LogP contribution in [0.1, 0.15) is 39.3 Å². The fraction of sp³-hybridized carbons (Fsp3) is 0.233. The third-order valence-electron chi connectivity index (χ3n) is 5.58. The molecule has 0 saturated carbocycles. The van der Waals surface area contributed by atoms with Crippen LogP contribution in [0.25, 0.3) is 21.8 Å². The smallest absolute Gasteiger partial charge is 0.0731 e. The highest BCUT2D eigenvalue weighted by Crippen LogP contribution is 2.17. The second-order valence-electron chi connectivity index (χ2n) is 8.61. The Morgan fingerprint density at radius 2 is 1.33 bits per heavy atom. The van der Waals surface area contributed by atoms with Crippen LogP contribution in [0.4, 0.5) is 0 Å². The van der Waals surface area contributed by atoms with Crippen LogP contribution in [0.3, 0.4) is 0 Å². The summed E-state index contributed by atoms with van der Waals surface area (Å²) in [6.07, 6.45) is 1.84. The number of fused-ring (bicyclic) bond motifs is 2. The summed E-state index contributed by atoms with van der Waals surface area (Å²) in [4.78, 5) is 13.0. The highest BCUT2D eigenvalue weighted by atomic mass is 14.7. The first-order chi connectivity index (χ1) is 15.7. The number of pyridine rings is 3. The summed E-state index contributed by atoms with van der Waals surface area (Å²) in [6, 6.07) is 22.9. The maximum absolute atomic E-state index is 4.44. The number of nitrogens with zero attached hydrogens (tertiary/aromatic N) is 3. The second-order valence-corrected chi connectivity index (χ2v) is 8.61. The van der Waals surface area contributed by atoms with Gasteiger partial charge in [0.25, 0.3) is 0 Å². The molecule has 3 nitrogen and oxygen atoms in total. The third kappa shape index (κ3) is 6.45. The van der Waals surface area contributed by atoms with E-state index in [1.165, 1.54) is 33.0 Å². The summed E-state index contributed by atoms with van der Waals surface area (Å²) in [5.74, 6) is 0. The van der Waals surface area contributed by atoms with E-state index in [-0.39, 0.29) is 0 Å². The van der Waals surface area contributed by atoms with Gasteiger partial charge in [0, 0.05) is 34.1 Å². The highest BCUT2D eigenvalue weighted by molar-refractivity contribution is 5.82. The minimum atomic E-state index is 1.09. The van der Waals surface area contributed by atoms with Crippen LogP contribution in [-0.2, 0) is 0 Å². The van der Waals surface area contributed by atoms with Gasteiger partial charge in [0.15, 0.2) is 0 Å². The van der Waals surface area contributed by atoms with Gasteiger partial charge in [-0.15, -0.1) is 0 Å². The zero-order valence-electron chi connectivity index (χ0n) is 20.8. The van der Waals surface area contributed by atoms with Crippen molar-refractivity contribution in [1.82, 2.24) is 15.0 Å². The first-order valence-electron chi connectivity index (χ1n) is 11.3. The van der Waals surface area contributed by atoms with Gasteiger partial charge in [-0.05, 0) is 95.5 Å². The van der Waals surface area contributed by atoms with Crippen molar-refractivity contribution in [1.29, 1.82) is 0 Å². The molecule has 3 heterocycles. The van der Waals surface area contributed by atoms with Crippen LogP contribution in [0.15, 0.2) is 72.9 Å². The minimum absolute atomic E-state index is 1.09. The van der Waals surface area contributed by atoms with Gasteiger partial charge < -0.3 is 0 Å². The molecule has 2 aromatic carbocycles. The Bertz CT molecular complexity index is 1300. The molecule has 0 aliphatic heterocycles. The van der Waals surface area contributed by atoms with E-state index in [1.807, 2.05) is 51.2 Å². The van der Waals surface area contributed by atoms with Gasteiger partial charge in [0.1, 0.15) is 0 Å². The Labute approximate surface area is 197 Å². The molecular formula is C30H33N3. The maximum Gasteiger partial charge on any atom is 0.0731 e. The van der Waals surface area contributed by atoms with Crippen LogP contribution in [0.2, 0.25) is 0 Å². The Morgan fingerprint density at radius 1 is 0.576 bits per heavy atom. The zero-order chi connectivity index (χ0) is 24.0. The fourth-order valence-corrected chi connectivity index (χ4v) is 3.83. The van der Waals surface area contributed by atoms with E-state index in [2.05, 4.69) is 85.1 Å². The van der Waals surface area contributed by atoms with E-state index in [1.54, 1.807) is 0 Å². The van der Waals surface area contributed by atoms with Crippen LogP contribution in [0.5, 0.6) is 0 Å². The lowest BCUT2D eigenvalue weighted by Gasteiger charge is -2.01. The zero-order valence-corrected chi connectivity index (χ0v) is 20.8. The first-order valence-corrected chi connectivity index (χ1v) is 11.3. The molecule has 0 saturated heterocycles. The molecule has 0 N–H and O–H groups in total. The average Bonchev–Trinajstić information content (AvgIpc) is 2.77. The lowest BCUT2D eigenvalue weighted by atomic mass is 10.1. The van der Waals surface area contributed by atoms with Crippen LogP contribution in [0, 0.1) is 48.5 Å². The first kappa shape index (κ1) is 24.1. The Morgan fingerprint density at radius 3 is 2.06 bits per heavy atom. The third-order valence-corrected chi connectivity index (χ3v) is 5.58. The molecular weight excluding hydrogens is 402 g/mol. The van der Waals surface area contributed by atoms with Crippen molar-refractivity contribution >= 4 is 21.8 Å². The molecule has 5 rings (SSSR count). The summed E-state index contributed by atoms with van der Waals surface area (Å²) >= 11 is 0. The van der Waals surface area contributed by atoms with Crippen molar-refractivity contribution in [3.63, 3.8) is 0 Å².